The molecule has 0 bridgehead atoms. The predicted molar refractivity (Wildman–Crippen MR) is 102 cm³/mol. The summed E-state index contributed by atoms with van der Waals surface area (Å²) in [5.74, 6) is -2.11. The molecule has 13 heteroatoms. The first kappa shape index (κ1) is 20.6. The summed E-state index contributed by atoms with van der Waals surface area (Å²) >= 11 is 0. The highest BCUT2D eigenvalue weighted by Crippen LogP contribution is 2.20. The first-order chi connectivity index (χ1) is 15.4. The summed E-state index contributed by atoms with van der Waals surface area (Å²) in [4.78, 5) is 38.1. The molecule has 32 heavy (non-hydrogen) atoms. The van der Waals surface area contributed by atoms with Gasteiger partial charge in [0.1, 0.15) is 12.4 Å². The van der Waals surface area contributed by atoms with E-state index < -0.39 is 29.0 Å². The maximum absolute atomic E-state index is 13.0. The fraction of sp³-hybridized carbons (Fsp3) is 0.105. The molecular formula is C19H12FN5O7. The van der Waals surface area contributed by atoms with Gasteiger partial charge >= 0.3 is 11.7 Å². The van der Waals surface area contributed by atoms with Gasteiger partial charge in [0, 0.05) is 23.3 Å². The summed E-state index contributed by atoms with van der Waals surface area (Å²) in [6, 6.07) is 10.6. The van der Waals surface area contributed by atoms with Gasteiger partial charge in [-0.05, 0) is 36.4 Å². The Morgan fingerprint density at radius 3 is 2.50 bits per heavy atom. The zero-order chi connectivity index (χ0) is 22.7. The number of non-ortho nitro benzene ring substituents is 1. The Hall–Kier alpha value is -4.68. The number of ether oxygens (including phenoxy) is 1. The molecule has 4 rings (SSSR count). The van der Waals surface area contributed by atoms with Crippen molar-refractivity contribution in [3.05, 3.63) is 80.9 Å². The van der Waals surface area contributed by atoms with Crippen LogP contribution in [0.5, 0.6) is 0 Å². The molecule has 12 nitrogen and oxygen atoms in total. The molecule has 2 aromatic carbocycles. The lowest BCUT2D eigenvalue weighted by Gasteiger charge is -2.00. The molecule has 0 N–H and O–H groups in total. The molecule has 4 aromatic rings. The summed E-state index contributed by atoms with van der Waals surface area (Å²) in [6.45, 7) is -0.900. The quantitative estimate of drug-likeness (QED) is 0.237. The number of rotatable bonds is 7. The number of halogens is 1. The molecule has 2 heterocycles. The maximum Gasteiger partial charge on any atom is 0.437 e. The van der Waals surface area contributed by atoms with Crippen molar-refractivity contribution in [2.24, 2.45) is 0 Å². The van der Waals surface area contributed by atoms with Crippen molar-refractivity contribution < 1.29 is 27.8 Å². The molecule has 0 radical (unpaired) electrons. The third kappa shape index (κ3) is 4.56. The van der Waals surface area contributed by atoms with E-state index in [0.29, 0.717) is 11.1 Å². The van der Waals surface area contributed by atoms with E-state index in [2.05, 4.69) is 15.2 Å². The monoisotopic (exact) mass is 441 g/mol. The van der Waals surface area contributed by atoms with Crippen molar-refractivity contribution in [1.82, 2.24) is 19.9 Å². The van der Waals surface area contributed by atoms with Crippen LogP contribution in [0, 0.1) is 15.9 Å². The van der Waals surface area contributed by atoms with E-state index in [0.717, 1.165) is 4.68 Å². The van der Waals surface area contributed by atoms with Crippen LogP contribution in [0.3, 0.4) is 0 Å². The molecule has 2 aromatic heterocycles. The zero-order valence-electron chi connectivity index (χ0n) is 16.0. The number of nitro benzene ring substituents is 1. The third-order valence-corrected chi connectivity index (χ3v) is 4.14. The van der Waals surface area contributed by atoms with Crippen molar-refractivity contribution in [2.75, 3.05) is 0 Å². The van der Waals surface area contributed by atoms with E-state index in [1.807, 2.05) is 0 Å². The zero-order valence-corrected chi connectivity index (χ0v) is 16.0. The number of carbonyl (C=O) groups is 1. The Labute approximate surface area is 177 Å². The Bertz CT molecular complexity index is 1330. The van der Waals surface area contributed by atoms with Crippen LogP contribution in [-0.4, -0.2) is 30.8 Å². The second kappa shape index (κ2) is 8.59. The Morgan fingerprint density at radius 1 is 1.12 bits per heavy atom. The minimum Gasteiger partial charge on any atom is -0.454 e. The largest absolute Gasteiger partial charge is 0.454 e. The highest BCUT2D eigenvalue weighted by Gasteiger charge is 2.16. The van der Waals surface area contributed by atoms with Crippen LogP contribution in [0.2, 0.25) is 0 Å². The lowest BCUT2D eigenvalue weighted by Crippen LogP contribution is -2.23. The van der Waals surface area contributed by atoms with E-state index in [-0.39, 0.29) is 29.9 Å². The second-order valence-electron chi connectivity index (χ2n) is 6.31. The molecule has 0 saturated carbocycles. The van der Waals surface area contributed by atoms with E-state index in [1.165, 1.54) is 48.5 Å². The first-order valence-electron chi connectivity index (χ1n) is 8.96. The van der Waals surface area contributed by atoms with Crippen molar-refractivity contribution in [3.8, 4) is 22.8 Å². The first-order valence-corrected chi connectivity index (χ1v) is 8.96. The molecule has 0 unspecified atom stereocenters. The molecule has 0 aliphatic rings. The Morgan fingerprint density at radius 2 is 1.81 bits per heavy atom. The molecule has 0 atom stereocenters. The van der Waals surface area contributed by atoms with E-state index in [1.54, 1.807) is 0 Å². The van der Waals surface area contributed by atoms with Crippen molar-refractivity contribution >= 4 is 11.7 Å². The number of aromatic nitrogens is 4. The van der Waals surface area contributed by atoms with Gasteiger partial charge in [-0.2, -0.15) is 9.67 Å². The van der Waals surface area contributed by atoms with Gasteiger partial charge in [0.25, 0.3) is 11.6 Å². The standard InChI is InChI=1S/C19H12FN5O7/c20-13-5-1-12(2-6-13)18-22-24(19(27)31-18)9-16(26)30-10-15-21-17(23-32-15)11-3-7-14(8-4-11)25(28)29/h1-8H,9-10H2. The number of hydrogen-bond donors (Lipinski definition) is 0. The van der Waals surface area contributed by atoms with Gasteiger partial charge in [-0.15, -0.1) is 5.10 Å². The fourth-order valence-corrected chi connectivity index (χ4v) is 2.59. The molecule has 0 aliphatic carbocycles. The van der Waals surface area contributed by atoms with Gasteiger partial charge in [-0.1, -0.05) is 5.16 Å². The molecule has 0 amide bonds. The number of esters is 1. The van der Waals surface area contributed by atoms with Gasteiger partial charge in [-0.25, -0.2) is 9.18 Å². The summed E-state index contributed by atoms with van der Waals surface area (Å²) in [5, 5.41) is 18.3. The third-order valence-electron chi connectivity index (χ3n) is 4.14. The highest BCUT2D eigenvalue weighted by molar-refractivity contribution is 5.69. The van der Waals surface area contributed by atoms with E-state index >= 15 is 0 Å². The predicted octanol–water partition coefficient (Wildman–Crippen LogP) is 2.34. The average molecular weight is 441 g/mol. The van der Waals surface area contributed by atoms with Crippen molar-refractivity contribution in [1.29, 1.82) is 0 Å². The number of nitrogens with zero attached hydrogens (tertiary/aromatic N) is 5. The van der Waals surface area contributed by atoms with Crippen LogP contribution >= 0.6 is 0 Å². The summed E-state index contributed by atoms with van der Waals surface area (Å²) in [5.41, 5.74) is 0.747. The van der Waals surface area contributed by atoms with Crippen LogP contribution < -0.4 is 5.76 Å². The molecule has 0 saturated heterocycles. The lowest BCUT2D eigenvalue weighted by molar-refractivity contribution is -0.384. The van der Waals surface area contributed by atoms with Crippen LogP contribution in [0.4, 0.5) is 10.1 Å². The lowest BCUT2D eigenvalue weighted by atomic mass is 10.2. The maximum atomic E-state index is 13.0. The fourth-order valence-electron chi connectivity index (χ4n) is 2.59. The van der Waals surface area contributed by atoms with Gasteiger partial charge < -0.3 is 13.7 Å². The summed E-state index contributed by atoms with van der Waals surface area (Å²) < 4.78 is 28.7. The SMILES string of the molecule is O=C(Cn1nc(-c2ccc(F)cc2)oc1=O)OCc1nc(-c2ccc([N+](=O)[O-])cc2)no1. The van der Waals surface area contributed by atoms with Crippen LogP contribution in [-0.2, 0) is 22.7 Å². The average Bonchev–Trinajstić information content (AvgIpc) is 3.40. The Kier molecular flexibility index (Phi) is 5.53. The second-order valence-corrected chi connectivity index (χ2v) is 6.31. The molecular weight excluding hydrogens is 429 g/mol. The summed E-state index contributed by atoms with van der Waals surface area (Å²) in [6.07, 6.45) is 0. The minimum atomic E-state index is -0.889. The van der Waals surface area contributed by atoms with Crippen LogP contribution in [0.1, 0.15) is 5.89 Å². The van der Waals surface area contributed by atoms with Crippen molar-refractivity contribution in [2.45, 2.75) is 13.2 Å². The van der Waals surface area contributed by atoms with Gasteiger partial charge in [0.05, 0.1) is 4.92 Å². The topological polar surface area (TPSA) is 156 Å². The van der Waals surface area contributed by atoms with Gasteiger partial charge in [0.2, 0.25) is 11.7 Å². The smallest absolute Gasteiger partial charge is 0.437 e. The van der Waals surface area contributed by atoms with Crippen LogP contribution in [0.25, 0.3) is 22.8 Å². The summed E-state index contributed by atoms with van der Waals surface area (Å²) in [7, 11) is 0. The van der Waals surface area contributed by atoms with Crippen LogP contribution in [0.15, 0.2) is 62.3 Å². The van der Waals surface area contributed by atoms with Gasteiger partial charge in [-0.3, -0.25) is 14.9 Å². The number of benzene rings is 2. The minimum absolute atomic E-state index is 0.0220. The van der Waals surface area contributed by atoms with E-state index in [9.17, 15) is 24.1 Å². The number of hydrogen-bond acceptors (Lipinski definition) is 10. The normalized spacial score (nSPS) is 10.8. The van der Waals surface area contributed by atoms with Crippen molar-refractivity contribution in [3.63, 3.8) is 0 Å². The molecule has 0 aliphatic heterocycles. The number of nitro groups is 1. The molecule has 0 spiro atoms. The van der Waals surface area contributed by atoms with Gasteiger partial charge in [0.15, 0.2) is 6.61 Å². The van der Waals surface area contributed by atoms with E-state index in [4.69, 9.17) is 13.7 Å². The molecule has 0 fully saturated rings. The number of carbonyl (C=O) groups excluding carboxylic acids is 1. The highest BCUT2D eigenvalue weighted by atomic mass is 19.1. The Balaban J connectivity index is 1.36. The molecule has 162 valence electrons.